The van der Waals surface area contributed by atoms with Crippen LogP contribution in [-0.2, 0) is 0 Å². The number of urea groups is 1. The molecule has 0 bridgehead atoms. The van der Waals surface area contributed by atoms with Gasteiger partial charge in [0.15, 0.2) is 0 Å². The molecule has 88 valence electrons. The Morgan fingerprint density at radius 3 is 2.62 bits per heavy atom. The molecule has 1 aliphatic carbocycles. The van der Waals surface area contributed by atoms with Crippen LogP contribution < -0.4 is 10.6 Å². The summed E-state index contributed by atoms with van der Waals surface area (Å²) in [4.78, 5) is 11.6. The van der Waals surface area contributed by atoms with Gasteiger partial charge in [-0.2, -0.15) is 0 Å². The Labute approximate surface area is 95.4 Å². The Balaban J connectivity index is 1.77. The maximum atomic E-state index is 11.6. The first-order chi connectivity index (χ1) is 7.84. The second kappa shape index (κ2) is 5.58. The third kappa shape index (κ3) is 3.29. The molecule has 1 aromatic heterocycles. The first kappa shape index (κ1) is 11.0. The Morgan fingerprint density at radius 2 is 2.00 bits per heavy atom. The summed E-state index contributed by atoms with van der Waals surface area (Å²) in [6.45, 7) is 0. The minimum absolute atomic E-state index is 0.165. The fraction of sp³-hybridized carbons (Fsp3) is 0.583. The summed E-state index contributed by atoms with van der Waals surface area (Å²) >= 11 is 0. The lowest BCUT2D eigenvalue weighted by Crippen LogP contribution is -2.37. The van der Waals surface area contributed by atoms with Crippen molar-refractivity contribution in [3.05, 3.63) is 18.4 Å². The summed E-state index contributed by atoms with van der Waals surface area (Å²) in [5.41, 5.74) is 0. The van der Waals surface area contributed by atoms with Crippen molar-refractivity contribution in [2.45, 2.75) is 44.6 Å². The topological polar surface area (TPSA) is 54.3 Å². The smallest absolute Gasteiger partial charge is 0.321 e. The van der Waals surface area contributed by atoms with E-state index >= 15 is 0 Å². The maximum Gasteiger partial charge on any atom is 0.321 e. The van der Waals surface area contributed by atoms with E-state index in [9.17, 15) is 4.79 Å². The van der Waals surface area contributed by atoms with Crippen LogP contribution in [0.2, 0.25) is 0 Å². The van der Waals surface area contributed by atoms with Gasteiger partial charge in [0.1, 0.15) is 0 Å². The third-order valence-corrected chi connectivity index (χ3v) is 2.95. The van der Waals surface area contributed by atoms with Gasteiger partial charge in [0, 0.05) is 12.1 Å². The fourth-order valence-electron chi connectivity index (χ4n) is 2.11. The van der Waals surface area contributed by atoms with Gasteiger partial charge in [0.25, 0.3) is 0 Å². The molecule has 1 aromatic rings. The molecule has 1 aliphatic rings. The van der Waals surface area contributed by atoms with Crippen molar-refractivity contribution in [2.24, 2.45) is 0 Å². The number of hydrogen-bond acceptors (Lipinski definition) is 2. The van der Waals surface area contributed by atoms with Gasteiger partial charge < -0.3 is 9.73 Å². The zero-order valence-corrected chi connectivity index (χ0v) is 9.37. The Hall–Kier alpha value is -1.45. The first-order valence-corrected chi connectivity index (χ1v) is 5.95. The van der Waals surface area contributed by atoms with Crippen molar-refractivity contribution < 1.29 is 9.21 Å². The summed E-state index contributed by atoms with van der Waals surface area (Å²) < 4.78 is 5.05. The number of nitrogens with one attached hydrogen (secondary N) is 2. The predicted octanol–water partition coefficient (Wildman–Crippen LogP) is 3.12. The van der Waals surface area contributed by atoms with Gasteiger partial charge in [-0.15, -0.1) is 0 Å². The number of carbonyl (C=O) groups is 1. The average Bonchev–Trinajstić information content (AvgIpc) is 2.62. The van der Waals surface area contributed by atoms with Crippen molar-refractivity contribution in [1.29, 1.82) is 0 Å². The SMILES string of the molecule is O=C(Nc1ccco1)NC1CCCCCC1. The third-order valence-electron chi connectivity index (χ3n) is 2.95. The standard InChI is InChI=1S/C12H18N2O2/c15-12(14-11-8-5-9-16-11)13-10-6-3-1-2-4-7-10/h5,8-10H,1-4,6-7H2,(H2,13,14,15). The molecule has 0 aromatic carbocycles. The van der Waals surface area contributed by atoms with Crippen LogP contribution in [0.5, 0.6) is 0 Å². The number of anilines is 1. The number of amides is 2. The molecule has 16 heavy (non-hydrogen) atoms. The van der Waals surface area contributed by atoms with Crippen molar-refractivity contribution in [2.75, 3.05) is 5.32 Å². The number of hydrogen-bond donors (Lipinski definition) is 2. The highest BCUT2D eigenvalue weighted by Gasteiger charge is 2.14. The minimum Gasteiger partial charge on any atom is -0.449 e. The molecule has 0 unspecified atom stereocenters. The van der Waals surface area contributed by atoms with Gasteiger partial charge in [-0.05, 0) is 18.9 Å². The predicted molar refractivity (Wildman–Crippen MR) is 62.4 cm³/mol. The quantitative estimate of drug-likeness (QED) is 0.755. The molecule has 1 saturated carbocycles. The molecule has 1 heterocycles. The van der Waals surface area contributed by atoms with E-state index in [0.29, 0.717) is 11.9 Å². The lowest BCUT2D eigenvalue weighted by molar-refractivity contribution is 0.246. The Bertz CT molecular complexity index is 314. The van der Waals surface area contributed by atoms with E-state index < -0.39 is 0 Å². The van der Waals surface area contributed by atoms with E-state index in [2.05, 4.69) is 10.6 Å². The molecule has 2 rings (SSSR count). The number of furan rings is 1. The summed E-state index contributed by atoms with van der Waals surface area (Å²) in [5, 5.41) is 5.66. The normalized spacial score (nSPS) is 17.8. The second-order valence-corrected chi connectivity index (χ2v) is 4.26. The Kier molecular flexibility index (Phi) is 3.86. The van der Waals surface area contributed by atoms with Crippen LogP contribution >= 0.6 is 0 Å². The molecule has 1 fully saturated rings. The monoisotopic (exact) mass is 222 g/mol. The summed E-state index contributed by atoms with van der Waals surface area (Å²) in [6, 6.07) is 3.63. The van der Waals surface area contributed by atoms with Crippen LogP contribution in [0.3, 0.4) is 0 Å². The van der Waals surface area contributed by atoms with Crippen molar-refractivity contribution in [3.8, 4) is 0 Å². The van der Waals surface area contributed by atoms with Crippen molar-refractivity contribution in [1.82, 2.24) is 5.32 Å². The molecule has 0 atom stereocenters. The zero-order valence-electron chi connectivity index (χ0n) is 9.37. The van der Waals surface area contributed by atoms with Gasteiger partial charge in [0.05, 0.1) is 6.26 Å². The lowest BCUT2D eigenvalue weighted by atomic mass is 10.1. The average molecular weight is 222 g/mol. The summed E-state index contributed by atoms with van der Waals surface area (Å²) in [6.07, 6.45) is 8.73. The zero-order chi connectivity index (χ0) is 11.2. The van der Waals surface area contributed by atoms with Gasteiger partial charge in [-0.3, -0.25) is 5.32 Å². The largest absolute Gasteiger partial charge is 0.449 e. The Morgan fingerprint density at radius 1 is 1.25 bits per heavy atom. The van der Waals surface area contributed by atoms with E-state index in [4.69, 9.17) is 4.42 Å². The molecule has 2 N–H and O–H groups in total. The van der Waals surface area contributed by atoms with Gasteiger partial charge in [-0.1, -0.05) is 25.7 Å². The van der Waals surface area contributed by atoms with E-state index in [1.165, 1.54) is 25.7 Å². The number of carbonyl (C=O) groups excluding carboxylic acids is 1. The maximum absolute atomic E-state index is 11.6. The second-order valence-electron chi connectivity index (χ2n) is 4.26. The van der Waals surface area contributed by atoms with E-state index in [0.717, 1.165) is 12.8 Å². The highest BCUT2D eigenvalue weighted by atomic mass is 16.3. The van der Waals surface area contributed by atoms with Crippen LogP contribution in [0.25, 0.3) is 0 Å². The van der Waals surface area contributed by atoms with Gasteiger partial charge >= 0.3 is 6.03 Å². The van der Waals surface area contributed by atoms with Crippen LogP contribution in [0.4, 0.5) is 10.7 Å². The van der Waals surface area contributed by atoms with Gasteiger partial charge in [0.2, 0.25) is 5.88 Å². The van der Waals surface area contributed by atoms with Crippen molar-refractivity contribution >= 4 is 11.9 Å². The highest BCUT2D eigenvalue weighted by molar-refractivity contribution is 5.87. The first-order valence-electron chi connectivity index (χ1n) is 5.95. The molecular weight excluding hydrogens is 204 g/mol. The van der Waals surface area contributed by atoms with Crippen LogP contribution in [0, 0.1) is 0 Å². The summed E-state index contributed by atoms with van der Waals surface area (Å²) in [7, 11) is 0. The molecule has 4 nitrogen and oxygen atoms in total. The molecule has 4 heteroatoms. The van der Waals surface area contributed by atoms with E-state index in [-0.39, 0.29) is 6.03 Å². The van der Waals surface area contributed by atoms with Crippen LogP contribution in [0.15, 0.2) is 22.8 Å². The molecule has 0 saturated heterocycles. The molecular formula is C12H18N2O2. The summed E-state index contributed by atoms with van der Waals surface area (Å²) in [5.74, 6) is 0.492. The molecule has 0 radical (unpaired) electrons. The van der Waals surface area contributed by atoms with Crippen LogP contribution in [0.1, 0.15) is 38.5 Å². The molecule has 0 aliphatic heterocycles. The van der Waals surface area contributed by atoms with Crippen molar-refractivity contribution in [3.63, 3.8) is 0 Å². The fourth-order valence-corrected chi connectivity index (χ4v) is 2.11. The molecule has 0 spiro atoms. The molecule has 2 amide bonds. The van der Waals surface area contributed by atoms with Gasteiger partial charge in [-0.25, -0.2) is 4.79 Å². The van der Waals surface area contributed by atoms with Crippen LogP contribution in [-0.4, -0.2) is 12.1 Å². The minimum atomic E-state index is -0.165. The van der Waals surface area contributed by atoms with E-state index in [1.54, 1.807) is 18.4 Å². The lowest BCUT2D eigenvalue weighted by Gasteiger charge is -2.15. The van der Waals surface area contributed by atoms with E-state index in [1.807, 2.05) is 0 Å². The highest BCUT2D eigenvalue weighted by Crippen LogP contribution is 2.17. The number of rotatable bonds is 2.